The minimum absolute atomic E-state index is 0.0211. The van der Waals surface area contributed by atoms with Crippen LogP contribution in [0, 0.1) is 6.92 Å². The fourth-order valence-electron chi connectivity index (χ4n) is 2.58. The summed E-state index contributed by atoms with van der Waals surface area (Å²) in [5.41, 5.74) is 1.10. The third-order valence-electron chi connectivity index (χ3n) is 3.64. The average Bonchev–Trinajstić information content (AvgIpc) is 2.37. The number of aryl methyl sites for hydroxylation is 1. The minimum atomic E-state index is -3.82. The molecular weight excluding hydrogens is 298 g/mol. The van der Waals surface area contributed by atoms with Crippen LogP contribution in [0.1, 0.15) is 42.1 Å². The quantitative estimate of drug-likeness (QED) is 0.788. The molecule has 1 heterocycles. The van der Waals surface area contributed by atoms with Crippen molar-refractivity contribution >= 4 is 25.6 Å². The first kappa shape index (κ1) is 15.3. The number of piperidine rings is 1. The second-order valence-corrected chi connectivity index (χ2v) is 7.88. The van der Waals surface area contributed by atoms with Crippen LogP contribution < -0.4 is 0 Å². The molecule has 1 amide bonds. The Morgan fingerprint density at radius 2 is 2.00 bits per heavy atom. The van der Waals surface area contributed by atoms with Crippen molar-refractivity contribution in [1.82, 2.24) is 4.90 Å². The van der Waals surface area contributed by atoms with E-state index in [-0.39, 0.29) is 16.8 Å². The van der Waals surface area contributed by atoms with E-state index in [0.717, 1.165) is 25.8 Å². The molecule has 1 aliphatic rings. The van der Waals surface area contributed by atoms with Gasteiger partial charge in [-0.05, 0) is 56.9 Å². The van der Waals surface area contributed by atoms with E-state index in [0.29, 0.717) is 11.1 Å². The zero-order chi connectivity index (χ0) is 14.9. The normalized spacial score (nSPS) is 19.9. The highest BCUT2D eigenvalue weighted by molar-refractivity contribution is 8.13. The smallest absolute Gasteiger partial charge is 0.261 e. The molecule has 4 nitrogen and oxygen atoms in total. The molecule has 2 rings (SSSR count). The van der Waals surface area contributed by atoms with Gasteiger partial charge in [0.2, 0.25) is 0 Å². The average molecular weight is 316 g/mol. The molecule has 0 aromatic heterocycles. The van der Waals surface area contributed by atoms with Gasteiger partial charge in [-0.15, -0.1) is 0 Å². The van der Waals surface area contributed by atoms with Gasteiger partial charge in [0, 0.05) is 28.8 Å². The first-order chi connectivity index (χ1) is 9.29. The molecule has 1 aromatic carbocycles. The number of rotatable bonds is 2. The fraction of sp³-hybridized carbons (Fsp3) is 0.500. The summed E-state index contributed by atoms with van der Waals surface area (Å²) in [6.07, 6.45) is 3.10. The van der Waals surface area contributed by atoms with Gasteiger partial charge in [-0.3, -0.25) is 4.79 Å². The van der Waals surface area contributed by atoms with Crippen molar-refractivity contribution in [2.45, 2.75) is 44.0 Å². The zero-order valence-electron chi connectivity index (χ0n) is 11.6. The number of carbonyl (C=O) groups excluding carboxylic acids is 1. The zero-order valence-corrected chi connectivity index (χ0v) is 13.2. The van der Waals surface area contributed by atoms with E-state index in [9.17, 15) is 13.2 Å². The summed E-state index contributed by atoms with van der Waals surface area (Å²) in [6, 6.07) is 4.72. The molecule has 1 unspecified atom stereocenters. The summed E-state index contributed by atoms with van der Waals surface area (Å²) in [5, 5.41) is 0. The Hall–Kier alpha value is -1.07. The van der Waals surface area contributed by atoms with E-state index >= 15 is 0 Å². The summed E-state index contributed by atoms with van der Waals surface area (Å²) < 4.78 is 22.9. The molecule has 1 aromatic rings. The van der Waals surface area contributed by atoms with Gasteiger partial charge in [-0.25, -0.2) is 8.42 Å². The lowest BCUT2D eigenvalue weighted by molar-refractivity contribution is 0.0635. The first-order valence-corrected chi connectivity index (χ1v) is 8.97. The third-order valence-corrected chi connectivity index (χ3v) is 4.98. The molecule has 0 bridgehead atoms. The van der Waals surface area contributed by atoms with Gasteiger partial charge in [-0.2, -0.15) is 0 Å². The van der Waals surface area contributed by atoms with Crippen LogP contribution in [0.15, 0.2) is 23.1 Å². The molecule has 0 spiro atoms. The molecule has 0 N–H and O–H groups in total. The van der Waals surface area contributed by atoms with E-state index in [1.165, 1.54) is 12.1 Å². The Bertz CT molecular complexity index is 627. The predicted molar refractivity (Wildman–Crippen MR) is 78.6 cm³/mol. The van der Waals surface area contributed by atoms with Crippen LogP contribution in [0.3, 0.4) is 0 Å². The van der Waals surface area contributed by atoms with Crippen molar-refractivity contribution in [2.75, 3.05) is 6.54 Å². The third kappa shape index (κ3) is 3.33. The number of likely N-dealkylation sites (tertiary alicyclic amines) is 1. The van der Waals surface area contributed by atoms with Crippen LogP contribution in [0.2, 0.25) is 0 Å². The largest absolute Gasteiger partial charge is 0.336 e. The van der Waals surface area contributed by atoms with Crippen LogP contribution in [0.25, 0.3) is 0 Å². The molecule has 0 saturated carbocycles. The van der Waals surface area contributed by atoms with Gasteiger partial charge in [0.15, 0.2) is 0 Å². The summed E-state index contributed by atoms with van der Waals surface area (Å²) in [5.74, 6) is -0.123. The Morgan fingerprint density at radius 1 is 1.30 bits per heavy atom. The molecule has 1 aliphatic heterocycles. The van der Waals surface area contributed by atoms with Crippen molar-refractivity contribution < 1.29 is 13.2 Å². The maximum absolute atomic E-state index is 12.5. The van der Waals surface area contributed by atoms with Gasteiger partial charge in [-0.1, -0.05) is 0 Å². The van der Waals surface area contributed by atoms with Crippen LogP contribution in [0.4, 0.5) is 0 Å². The molecule has 0 aliphatic carbocycles. The Balaban J connectivity index is 2.37. The summed E-state index contributed by atoms with van der Waals surface area (Å²) in [6.45, 7) is 4.49. The maximum atomic E-state index is 12.5. The van der Waals surface area contributed by atoms with Crippen molar-refractivity contribution in [2.24, 2.45) is 0 Å². The van der Waals surface area contributed by atoms with Crippen molar-refractivity contribution in [3.63, 3.8) is 0 Å². The highest BCUT2D eigenvalue weighted by atomic mass is 35.7. The first-order valence-electron chi connectivity index (χ1n) is 6.66. The van der Waals surface area contributed by atoms with Gasteiger partial charge in [0.05, 0.1) is 4.90 Å². The number of hydrogen-bond acceptors (Lipinski definition) is 3. The van der Waals surface area contributed by atoms with Gasteiger partial charge < -0.3 is 4.90 Å². The van der Waals surface area contributed by atoms with Crippen LogP contribution >= 0.6 is 10.7 Å². The number of benzene rings is 1. The van der Waals surface area contributed by atoms with E-state index in [1.54, 1.807) is 13.0 Å². The SMILES string of the molecule is Cc1cc(C(=O)N2CCCCC2C)cc(S(=O)(=O)Cl)c1. The van der Waals surface area contributed by atoms with E-state index in [4.69, 9.17) is 10.7 Å². The lowest BCUT2D eigenvalue weighted by atomic mass is 10.0. The molecule has 6 heteroatoms. The van der Waals surface area contributed by atoms with Crippen LogP contribution in [0.5, 0.6) is 0 Å². The number of amides is 1. The van der Waals surface area contributed by atoms with Crippen LogP contribution in [-0.4, -0.2) is 31.8 Å². The summed E-state index contributed by atoms with van der Waals surface area (Å²) >= 11 is 0. The monoisotopic (exact) mass is 315 g/mol. The van der Waals surface area contributed by atoms with Gasteiger partial charge in [0.1, 0.15) is 0 Å². The molecule has 0 radical (unpaired) electrons. The molecule has 1 fully saturated rings. The lowest BCUT2D eigenvalue weighted by Crippen LogP contribution is -2.42. The molecule has 1 atom stereocenters. The standard InChI is InChI=1S/C14H18ClNO3S/c1-10-7-12(9-13(8-10)20(15,18)19)14(17)16-6-4-3-5-11(16)2/h7-9,11H,3-6H2,1-2H3. The van der Waals surface area contributed by atoms with Gasteiger partial charge in [0.25, 0.3) is 15.0 Å². The lowest BCUT2D eigenvalue weighted by Gasteiger charge is -2.33. The predicted octanol–water partition coefficient (Wildman–Crippen LogP) is 2.94. The van der Waals surface area contributed by atoms with Crippen molar-refractivity contribution in [1.29, 1.82) is 0 Å². The van der Waals surface area contributed by atoms with E-state index < -0.39 is 9.05 Å². The minimum Gasteiger partial charge on any atom is -0.336 e. The Morgan fingerprint density at radius 3 is 2.60 bits per heavy atom. The maximum Gasteiger partial charge on any atom is 0.261 e. The van der Waals surface area contributed by atoms with Crippen molar-refractivity contribution in [3.05, 3.63) is 29.3 Å². The molecular formula is C14H18ClNO3S. The van der Waals surface area contributed by atoms with E-state index in [2.05, 4.69) is 0 Å². The Kier molecular flexibility index (Phi) is 4.39. The highest BCUT2D eigenvalue weighted by Crippen LogP contribution is 2.23. The topological polar surface area (TPSA) is 54.5 Å². The van der Waals surface area contributed by atoms with E-state index in [1.807, 2.05) is 11.8 Å². The fourth-order valence-corrected chi connectivity index (χ4v) is 3.44. The Labute approximate surface area is 124 Å². The second kappa shape index (κ2) is 5.74. The molecule has 20 heavy (non-hydrogen) atoms. The molecule has 1 saturated heterocycles. The van der Waals surface area contributed by atoms with Gasteiger partial charge >= 0.3 is 0 Å². The molecule has 110 valence electrons. The number of carbonyl (C=O) groups is 1. The number of hydrogen-bond donors (Lipinski definition) is 0. The number of nitrogens with zero attached hydrogens (tertiary/aromatic N) is 1. The number of halogens is 1. The summed E-state index contributed by atoms with van der Waals surface area (Å²) in [7, 11) is 1.54. The van der Waals surface area contributed by atoms with Crippen LogP contribution in [-0.2, 0) is 9.05 Å². The second-order valence-electron chi connectivity index (χ2n) is 5.32. The summed E-state index contributed by atoms with van der Waals surface area (Å²) in [4.78, 5) is 14.3. The van der Waals surface area contributed by atoms with Crippen molar-refractivity contribution in [3.8, 4) is 0 Å². The highest BCUT2D eigenvalue weighted by Gasteiger charge is 2.25.